The van der Waals surface area contributed by atoms with Crippen LogP contribution in [0.25, 0.3) is 16.9 Å². The zero-order chi connectivity index (χ0) is 32.0. The van der Waals surface area contributed by atoms with Crippen molar-refractivity contribution in [3.63, 3.8) is 0 Å². The topological polar surface area (TPSA) is 25.3 Å². The van der Waals surface area contributed by atoms with Gasteiger partial charge in [0.15, 0.2) is 0 Å². The molecule has 1 heterocycles. The van der Waals surface area contributed by atoms with Gasteiger partial charge in [0, 0.05) is 22.3 Å². The van der Waals surface area contributed by atoms with Crippen LogP contribution in [0.1, 0.15) is 159 Å². The molecule has 0 radical (unpaired) electrons. The van der Waals surface area contributed by atoms with Crippen molar-refractivity contribution in [1.82, 2.24) is 0 Å². The minimum atomic E-state index is 1.03. The summed E-state index contributed by atoms with van der Waals surface area (Å²) >= 11 is 1.62. The molecule has 2 nitrogen and oxygen atoms in total. The zero-order valence-electron chi connectivity index (χ0n) is 29.3. The summed E-state index contributed by atoms with van der Waals surface area (Å²) in [6.45, 7) is 9.10. The van der Waals surface area contributed by atoms with Gasteiger partial charge in [-0.3, -0.25) is 0 Å². The summed E-state index contributed by atoms with van der Waals surface area (Å²) in [7, 11) is 0. The summed E-state index contributed by atoms with van der Waals surface area (Å²) in [4.78, 5) is 0. The second-order valence-corrected chi connectivity index (χ2v) is 13.6. The van der Waals surface area contributed by atoms with Gasteiger partial charge in [-0.2, -0.15) is 0 Å². The summed E-state index contributed by atoms with van der Waals surface area (Å²) in [5, 5.41) is 0. The zero-order valence-corrected chi connectivity index (χ0v) is 30.3. The first-order valence-electron chi connectivity index (χ1n) is 17.9. The summed E-state index contributed by atoms with van der Waals surface area (Å²) in [6.07, 6.45) is 23.1. The summed E-state index contributed by atoms with van der Waals surface area (Å²) in [5.41, 5.74) is 22.0. The minimum absolute atomic E-state index is 1.03. The molecule has 3 rings (SSSR count). The quantitative estimate of drug-likeness (QED) is 0.0735. The number of hydrogen-bond acceptors (Lipinski definition) is 0. The number of benzene rings is 2. The Morgan fingerprint density at radius 3 is 1.27 bits per heavy atom. The van der Waals surface area contributed by atoms with Gasteiger partial charge in [-0.25, -0.2) is 4.70 Å². The van der Waals surface area contributed by atoms with E-state index in [1.807, 2.05) is 0 Å². The van der Waals surface area contributed by atoms with E-state index in [4.69, 9.17) is 0 Å². The van der Waals surface area contributed by atoms with Crippen LogP contribution in [-0.4, -0.2) is 4.70 Å². The predicted molar refractivity (Wildman–Crippen MR) is 191 cm³/mol. The first kappa shape index (κ1) is 38.2. The van der Waals surface area contributed by atoms with Crippen LogP contribution < -0.4 is 0 Å². The molecular weight excluding hydrogens is 579 g/mol. The van der Waals surface area contributed by atoms with Crippen LogP contribution in [0.5, 0.6) is 0 Å². The molecule has 3 heteroatoms. The first-order valence-corrected chi connectivity index (χ1v) is 19.9. The Kier molecular flexibility index (Phi) is 20.3. The second kappa shape index (κ2) is 23.4. The van der Waals surface area contributed by atoms with Crippen molar-refractivity contribution in [2.45, 2.75) is 161 Å². The van der Waals surface area contributed by atoms with Crippen molar-refractivity contribution in [2.75, 3.05) is 0 Å². The molecule has 0 aromatic heterocycles. The SMILES string of the molecule is CCCCCCCCC1=C(c2cccc(CCCCC)c2)[N+](=[N-])C(c2cccc(CCCCC)c2)=C1CCCCC.[CH3][Ni][CH3]. The van der Waals surface area contributed by atoms with Crippen molar-refractivity contribution in [3.8, 4) is 0 Å². The van der Waals surface area contributed by atoms with Crippen molar-refractivity contribution >= 4 is 11.4 Å². The van der Waals surface area contributed by atoms with Gasteiger partial charge in [0.25, 0.3) is 0 Å². The maximum atomic E-state index is 12.1. The van der Waals surface area contributed by atoms with Crippen LogP contribution in [0.4, 0.5) is 0 Å². The summed E-state index contributed by atoms with van der Waals surface area (Å²) in [6, 6.07) is 18.1. The average Bonchev–Trinajstić information content (AvgIpc) is 3.30. The molecule has 0 bridgehead atoms. The number of hydrogen-bond donors (Lipinski definition) is 0. The van der Waals surface area contributed by atoms with Crippen LogP contribution in [0.2, 0.25) is 11.8 Å². The fourth-order valence-corrected chi connectivity index (χ4v) is 6.33. The third-order valence-electron chi connectivity index (χ3n) is 8.71. The van der Waals surface area contributed by atoms with E-state index in [-0.39, 0.29) is 0 Å². The van der Waals surface area contributed by atoms with Crippen LogP contribution in [0.15, 0.2) is 59.7 Å². The van der Waals surface area contributed by atoms with Crippen LogP contribution in [0.3, 0.4) is 0 Å². The van der Waals surface area contributed by atoms with Crippen molar-refractivity contribution in [2.24, 2.45) is 0 Å². The van der Waals surface area contributed by atoms with E-state index in [1.54, 1.807) is 19.1 Å². The van der Waals surface area contributed by atoms with Crippen molar-refractivity contribution in [1.29, 1.82) is 0 Å². The van der Waals surface area contributed by atoms with E-state index in [9.17, 15) is 5.53 Å². The van der Waals surface area contributed by atoms with E-state index in [0.717, 1.165) is 37.1 Å². The monoisotopic (exact) mass is 642 g/mol. The number of unbranched alkanes of at least 4 members (excludes halogenated alkanes) is 11. The van der Waals surface area contributed by atoms with Gasteiger partial charge in [0.05, 0.1) is 0 Å². The van der Waals surface area contributed by atoms with Gasteiger partial charge in [0.2, 0.25) is 11.4 Å². The molecule has 0 N–H and O–H groups in total. The Morgan fingerprint density at radius 1 is 0.500 bits per heavy atom. The normalized spacial score (nSPS) is 13.2. The molecule has 2 aromatic rings. The molecule has 248 valence electrons. The van der Waals surface area contributed by atoms with Crippen LogP contribution in [0, 0.1) is 0 Å². The van der Waals surface area contributed by atoms with E-state index < -0.39 is 0 Å². The standard InChI is InChI=1S/C39H58N2.2CH3.Ni/c1-5-9-13-14-15-19-29-37-36(28-18-12-8-4)38(34-26-20-24-32(30-34)22-16-10-6-2)41(40)39(37)35-27-21-25-33(31-35)23-17-11-7-3;;;/h20-21,24-27,30-31H,5-19,22-23,28-29H2,1-4H3;2*1H3;. The molecule has 1 aliphatic heterocycles. The molecule has 0 atom stereocenters. The van der Waals surface area contributed by atoms with Gasteiger partial charge >= 0.3 is 26.2 Å². The Bertz CT molecular complexity index is 1160. The Morgan fingerprint density at radius 2 is 0.841 bits per heavy atom. The van der Waals surface area contributed by atoms with Crippen LogP contribution >= 0.6 is 0 Å². The van der Waals surface area contributed by atoms with E-state index >= 15 is 0 Å². The molecule has 1 aliphatic rings. The van der Waals surface area contributed by atoms with Gasteiger partial charge in [-0.1, -0.05) is 123 Å². The fourth-order valence-electron chi connectivity index (χ4n) is 6.33. The molecule has 0 fully saturated rings. The molecule has 0 saturated carbocycles. The molecule has 2 aromatic carbocycles. The molecule has 0 unspecified atom stereocenters. The Hall–Kier alpha value is -1.99. The Balaban J connectivity index is 0.00000216. The first-order chi connectivity index (χ1) is 21.6. The molecule has 0 spiro atoms. The van der Waals surface area contributed by atoms with Crippen molar-refractivity contribution in [3.05, 3.63) is 87.5 Å². The number of allylic oxidation sites excluding steroid dienone is 2. The van der Waals surface area contributed by atoms with E-state index in [1.165, 1.54) is 130 Å². The van der Waals surface area contributed by atoms with Crippen LogP contribution in [-0.2, 0) is 27.3 Å². The number of aryl methyl sites for hydroxylation is 2. The molecule has 0 amide bonds. The van der Waals surface area contributed by atoms with Gasteiger partial charge in [-0.05, 0) is 86.8 Å². The van der Waals surface area contributed by atoms with E-state index in [2.05, 4.69) is 88.0 Å². The van der Waals surface area contributed by atoms with Gasteiger partial charge in [0.1, 0.15) is 0 Å². The second-order valence-electron chi connectivity index (χ2n) is 12.6. The number of rotatable bonds is 21. The van der Waals surface area contributed by atoms with Crippen molar-refractivity contribution < 1.29 is 19.1 Å². The summed E-state index contributed by atoms with van der Waals surface area (Å²) < 4.78 is 1.59. The number of nitrogens with zero attached hydrogens (tertiary/aromatic N) is 2. The molecule has 0 aliphatic carbocycles. The third-order valence-corrected chi connectivity index (χ3v) is 8.71. The maximum absolute atomic E-state index is 12.1. The average molecular weight is 644 g/mol. The van der Waals surface area contributed by atoms with E-state index in [0.29, 0.717) is 0 Å². The van der Waals surface area contributed by atoms with Gasteiger partial charge in [-0.15, -0.1) is 0 Å². The fraction of sp³-hybridized carbons (Fsp3) is 0.610. The third kappa shape index (κ3) is 12.8. The molecular formula is C41H64N2Ni. The van der Waals surface area contributed by atoms with Gasteiger partial charge < -0.3 is 5.53 Å². The Labute approximate surface area is 278 Å². The molecule has 44 heavy (non-hydrogen) atoms. The predicted octanol–water partition coefficient (Wildman–Crippen LogP) is 13.8. The molecule has 0 saturated heterocycles. The summed E-state index contributed by atoms with van der Waals surface area (Å²) in [5.74, 6) is 4.12.